The average molecular weight is 349 g/mol. The third kappa shape index (κ3) is 4.36. The van der Waals surface area contributed by atoms with Crippen LogP contribution in [-0.4, -0.2) is 22.0 Å². The van der Waals surface area contributed by atoms with Gasteiger partial charge < -0.3 is 5.32 Å². The molecule has 3 rings (SSSR count). The molecule has 1 atom stereocenters. The van der Waals surface area contributed by atoms with E-state index in [1.54, 1.807) is 6.07 Å². The van der Waals surface area contributed by atoms with E-state index in [0.717, 1.165) is 6.42 Å². The highest BCUT2D eigenvalue weighted by Crippen LogP contribution is 2.17. The monoisotopic (exact) mass is 349 g/mol. The van der Waals surface area contributed by atoms with Crippen molar-refractivity contribution in [2.24, 2.45) is 0 Å². The van der Waals surface area contributed by atoms with Crippen molar-refractivity contribution in [3.05, 3.63) is 76.8 Å². The minimum absolute atomic E-state index is 0.0506. The molecule has 0 saturated heterocycles. The van der Waals surface area contributed by atoms with Crippen LogP contribution in [0.3, 0.4) is 0 Å². The minimum Gasteiger partial charge on any atom is -0.356 e. The maximum absolute atomic E-state index is 12.4. The zero-order valence-electron chi connectivity index (χ0n) is 14.9. The first kappa shape index (κ1) is 17.9. The lowest BCUT2D eigenvalue weighted by Gasteiger charge is -2.12. The third-order valence-corrected chi connectivity index (χ3v) is 4.58. The summed E-state index contributed by atoms with van der Waals surface area (Å²) < 4.78 is 1.49. The maximum Gasteiger partial charge on any atom is 0.261 e. The van der Waals surface area contributed by atoms with Crippen molar-refractivity contribution in [3.8, 4) is 0 Å². The standard InChI is InChI=1S/C21H23N3O2/c1-16(17-7-3-2-4-8-17)11-13-22-20(25)12-14-24-15-23-19-10-6-5-9-18(19)21(24)26/h2-10,15-16H,11-14H2,1H3,(H,22,25)/t16-/m1/s1. The van der Waals surface area contributed by atoms with Crippen LogP contribution >= 0.6 is 0 Å². The number of benzene rings is 2. The summed E-state index contributed by atoms with van der Waals surface area (Å²) in [5.41, 5.74) is 1.84. The van der Waals surface area contributed by atoms with E-state index in [9.17, 15) is 9.59 Å². The Morgan fingerprint density at radius 3 is 2.65 bits per heavy atom. The van der Waals surface area contributed by atoms with Crippen LogP contribution in [0.2, 0.25) is 0 Å². The topological polar surface area (TPSA) is 64.0 Å². The molecule has 0 aliphatic rings. The number of amides is 1. The van der Waals surface area contributed by atoms with Crippen molar-refractivity contribution in [2.75, 3.05) is 6.54 Å². The number of hydrogen-bond donors (Lipinski definition) is 1. The van der Waals surface area contributed by atoms with Crippen LogP contribution in [0.25, 0.3) is 10.9 Å². The Bertz CT molecular complexity index is 935. The van der Waals surface area contributed by atoms with E-state index in [0.29, 0.717) is 29.9 Å². The fourth-order valence-corrected chi connectivity index (χ4v) is 2.95. The molecular formula is C21H23N3O2. The van der Waals surface area contributed by atoms with Crippen LogP contribution < -0.4 is 10.9 Å². The number of carbonyl (C=O) groups is 1. The van der Waals surface area contributed by atoms with Gasteiger partial charge in [0.25, 0.3) is 5.56 Å². The summed E-state index contributed by atoms with van der Waals surface area (Å²) in [5.74, 6) is 0.342. The molecule has 26 heavy (non-hydrogen) atoms. The van der Waals surface area contributed by atoms with Crippen LogP contribution in [-0.2, 0) is 11.3 Å². The molecule has 3 aromatic rings. The van der Waals surface area contributed by atoms with Gasteiger partial charge in [-0.25, -0.2) is 4.98 Å². The molecule has 1 aromatic heterocycles. The largest absolute Gasteiger partial charge is 0.356 e. The molecular weight excluding hydrogens is 326 g/mol. The number of nitrogens with one attached hydrogen (secondary N) is 1. The summed E-state index contributed by atoms with van der Waals surface area (Å²) in [6.45, 7) is 3.11. The van der Waals surface area contributed by atoms with Gasteiger partial charge in [0.05, 0.1) is 17.2 Å². The number of rotatable bonds is 7. The van der Waals surface area contributed by atoms with Crippen molar-refractivity contribution in [1.29, 1.82) is 0 Å². The highest BCUT2D eigenvalue weighted by atomic mass is 16.1. The number of para-hydroxylation sites is 1. The lowest BCUT2D eigenvalue weighted by atomic mass is 9.98. The molecule has 0 radical (unpaired) electrons. The van der Waals surface area contributed by atoms with E-state index in [-0.39, 0.29) is 17.9 Å². The minimum atomic E-state index is -0.110. The number of nitrogens with zero attached hydrogens (tertiary/aromatic N) is 2. The third-order valence-electron chi connectivity index (χ3n) is 4.58. The van der Waals surface area contributed by atoms with Crippen molar-refractivity contribution in [1.82, 2.24) is 14.9 Å². The molecule has 0 spiro atoms. The van der Waals surface area contributed by atoms with Crippen molar-refractivity contribution in [2.45, 2.75) is 32.2 Å². The van der Waals surface area contributed by atoms with Crippen LogP contribution in [0.15, 0.2) is 65.7 Å². The summed E-state index contributed by atoms with van der Waals surface area (Å²) in [7, 11) is 0. The SMILES string of the molecule is C[C@H](CCNC(=O)CCn1cnc2ccccc2c1=O)c1ccccc1. The molecule has 1 amide bonds. The van der Waals surface area contributed by atoms with E-state index < -0.39 is 0 Å². The van der Waals surface area contributed by atoms with Gasteiger partial charge in [-0.2, -0.15) is 0 Å². The van der Waals surface area contributed by atoms with Gasteiger partial charge in [0, 0.05) is 19.5 Å². The fraction of sp³-hybridized carbons (Fsp3) is 0.286. The second kappa shape index (κ2) is 8.43. The number of hydrogen-bond acceptors (Lipinski definition) is 3. The lowest BCUT2D eigenvalue weighted by Crippen LogP contribution is -2.28. The second-order valence-electron chi connectivity index (χ2n) is 6.46. The quantitative estimate of drug-likeness (QED) is 0.713. The summed E-state index contributed by atoms with van der Waals surface area (Å²) in [6, 6.07) is 17.5. The Morgan fingerprint density at radius 2 is 1.85 bits per heavy atom. The zero-order chi connectivity index (χ0) is 18.4. The van der Waals surface area contributed by atoms with E-state index in [1.165, 1.54) is 16.5 Å². The van der Waals surface area contributed by atoms with Crippen molar-refractivity contribution in [3.63, 3.8) is 0 Å². The predicted octanol–water partition coefficient (Wildman–Crippen LogP) is 3.10. The first-order valence-corrected chi connectivity index (χ1v) is 8.91. The molecule has 0 saturated carbocycles. The Kier molecular flexibility index (Phi) is 5.79. The Balaban J connectivity index is 1.49. The molecule has 0 aliphatic heterocycles. The Labute approximate surface area is 152 Å². The van der Waals surface area contributed by atoms with Gasteiger partial charge in [0.15, 0.2) is 0 Å². The first-order chi connectivity index (χ1) is 12.6. The zero-order valence-corrected chi connectivity index (χ0v) is 14.9. The van der Waals surface area contributed by atoms with Gasteiger partial charge in [-0.1, -0.05) is 49.4 Å². The van der Waals surface area contributed by atoms with Crippen LogP contribution in [0, 0.1) is 0 Å². The highest BCUT2D eigenvalue weighted by Gasteiger charge is 2.08. The van der Waals surface area contributed by atoms with Gasteiger partial charge in [-0.15, -0.1) is 0 Å². The molecule has 0 fully saturated rings. The molecule has 1 heterocycles. The van der Waals surface area contributed by atoms with Crippen molar-refractivity contribution >= 4 is 16.8 Å². The summed E-state index contributed by atoms with van der Waals surface area (Å²) in [5, 5.41) is 3.51. The molecule has 1 N–H and O–H groups in total. The maximum atomic E-state index is 12.4. The summed E-state index contributed by atoms with van der Waals surface area (Å²) >= 11 is 0. The molecule has 0 bridgehead atoms. The second-order valence-corrected chi connectivity index (χ2v) is 6.46. The number of fused-ring (bicyclic) bond motifs is 1. The van der Waals surface area contributed by atoms with E-state index in [1.807, 2.05) is 36.4 Å². The summed E-state index contributed by atoms with van der Waals surface area (Å²) in [6.07, 6.45) is 2.66. The molecule has 5 heteroatoms. The molecule has 134 valence electrons. The van der Waals surface area contributed by atoms with Gasteiger partial charge in [0.1, 0.15) is 0 Å². The first-order valence-electron chi connectivity index (χ1n) is 8.91. The predicted molar refractivity (Wildman–Crippen MR) is 103 cm³/mol. The van der Waals surface area contributed by atoms with Crippen LogP contribution in [0.4, 0.5) is 0 Å². The number of aryl methyl sites for hydroxylation is 1. The lowest BCUT2D eigenvalue weighted by molar-refractivity contribution is -0.121. The fourth-order valence-electron chi connectivity index (χ4n) is 2.95. The van der Waals surface area contributed by atoms with E-state index >= 15 is 0 Å². The highest BCUT2D eigenvalue weighted by molar-refractivity contribution is 5.77. The van der Waals surface area contributed by atoms with E-state index in [2.05, 4.69) is 29.4 Å². The van der Waals surface area contributed by atoms with Crippen molar-refractivity contribution < 1.29 is 4.79 Å². The molecule has 2 aromatic carbocycles. The van der Waals surface area contributed by atoms with Crippen LogP contribution in [0.5, 0.6) is 0 Å². The summed E-state index contributed by atoms with van der Waals surface area (Å²) in [4.78, 5) is 28.7. The molecule has 0 unspecified atom stereocenters. The molecule has 0 aliphatic carbocycles. The smallest absolute Gasteiger partial charge is 0.261 e. The van der Waals surface area contributed by atoms with Gasteiger partial charge >= 0.3 is 0 Å². The Hall–Kier alpha value is -2.95. The Morgan fingerprint density at radius 1 is 1.12 bits per heavy atom. The van der Waals surface area contributed by atoms with Gasteiger partial charge in [-0.3, -0.25) is 14.2 Å². The molecule has 5 nitrogen and oxygen atoms in total. The number of carbonyl (C=O) groups excluding carboxylic acids is 1. The van der Waals surface area contributed by atoms with Gasteiger partial charge in [-0.05, 0) is 30.0 Å². The van der Waals surface area contributed by atoms with Gasteiger partial charge in [0.2, 0.25) is 5.91 Å². The average Bonchev–Trinajstić information content (AvgIpc) is 2.68. The number of aromatic nitrogens is 2. The van der Waals surface area contributed by atoms with Crippen LogP contribution in [0.1, 0.15) is 31.2 Å². The normalized spacial score (nSPS) is 12.0. The van der Waals surface area contributed by atoms with E-state index in [4.69, 9.17) is 0 Å².